The van der Waals surface area contributed by atoms with Crippen LogP contribution in [-0.4, -0.2) is 53.2 Å². The summed E-state index contributed by atoms with van der Waals surface area (Å²) in [7, 11) is 0. The molecule has 1 aliphatic heterocycles. The smallest absolute Gasteiger partial charge is 0.407 e. The molecule has 1 fully saturated rings. The number of nitrogens with zero attached hydrogens (tertiary/aromatic N) is 1. The Morgan fingerprint density at radius 3 is 2.31 bits per heavy atom. The molecule has 2 aromatic rings. The maximum absolute atomic E-state index is 12.6. The summed E-state index contributed by atoms with van der Waals surface area (Å²) in [5.41, 5.74) is 4.58. The zero-order valence-electron chi connectivity index (χ0n) is 18.1. The number of likely N-dealkylation sites (tertiary alicyclic amines) is 1. The van der Waals surface area contributed by atoms with Gasteiger partial charge in [-0.05, 0) is 48.4 Å². The first-order valence-electron chi connectivity index (χ1n) is 11.1. The summed E-state index contributed by atoms with van der Waals surface area (Å²) in [6.07, 6.45) is 1.52. The number of carboxylic acid groups (broad SMARTS) is 1. The van der Waals surface area contributed by atoms with Crippen LogP contribution in [0.2, 0.25) is 0 Å². The minimum atomic E-state index is -0.977. The third kappa shape index (κ3) is 4.47. The van der Waals surface area contributed by atoms with Crippen LogP contribution in [0.15, 0.2) is 48.5 Å². The number of benzene rings is 2. The van der Waals surface area contributed by atoms with Crippen LogP contribution in [0.3, 0.4) is 0 Å². The topological polar surface area (TPSA) is 95.9 Å². The molecule has 2 N–H and O–H groups in total. The highest BCUT2D eigenvalue weighted by Crippen LogP contribution is 2.44. The van der Waals surface area contributed by atoms with Gasteiger partial charge in [0.2, 0.25) is 5.91 Å². The van der Waals surface area contributed by atoms with Crippen molar-refractivity contribution in [2.45, 2.75) is 50.6 Å². The van der Waals surface area contributed by atoms with E-state index >= 15 is 0 Å². The Morgan fingerprint density at radius 2 is 1.69 bits per heavy atom. The predicted molar refractivity (Wildman–Crippen MR) is 119 cm³/mol. The van der Waals surface area contributed by atoms with Gasteiger partial charge in [-0.1, -0.05) is 48.5 Å². The van der Waals surface area contributed by atoms with E-state index in [0.717, 1.165) is 35.1 Å². The predicted octanol–water partition coefficient (Wildman–Crippen LogP) is 3.77. The first-order valence-corrected chi connectivity index (χ1v) is 11.1. The number of rotatable bonds is 6. The summed E-state index contributed by atoms with van der Waals surface area (Å²) in [5.74, 6) is -1.27. The lowest BCUT2D eigenvalue weighted by atomic mass is 9.98. The molecule has 0 aromatic heterocycles. The van der Waals surface area contributed by atoms with Crippen LogP contribution in [0.5, 0.6) is 0 Å². The summed E-state index contributed by atoms with van der Waals surface area (Å²) in [5, 5.41) is 12.1. The fraction of sp³-hybridized carbons (Fsp3) is 0.400. The normalized spacial score (nSPS) is 18.4. The van der Waals surface area contributed by atoms with E-state index < -0.39 is 24.1 Å². The van der Waals surface area contributed by atoms with Crippen LogP contribution in [0.1, 0.15) is 49.7 Å². The van der Waals surface area contributed by atoms with Crippen LogP contribution in [0.25, 0.3) is 11.1 Å². The number of aliphatic carboxylic acids is 1. The van der Waals surface area contributed by atoms with Crippen molar-refractivity contribution < 1.29 is 24.2 Å². The Morgan fingerprint density at radius 1 is 1.06 bits per heavy atom. The second-order valence-corrected chi connectivity index (χ2v) is 8.51. The van der Waals surface area contributed by atoms with Crippen molar-refractivity contribution in [1.29, 1.82) is 0 Å². The second kappa shape index (κ2) is 9.42. The van der Waals surface area contributed by atoms with Gasteiger partial charge in [0.25, 0.3) is 0 Å². The van der Waals surface area contributed by atoms with Gasteiger partial charge in [0.05, 0.1) is 0 Å². The highest BCUT2D eigenvalue weighted by molar-refractivity contribution is 5.84. The molecule has 2 aromatic carbocycles. The van der Waals surface area contributed by atoms with Gasteiger partial charge in [0.15, 0.2) is 0 Å². The summed E-state index contributed by atoms with van der Waals surface area (Å²) < 4.78 is 5.53. The molecule has 4 rings (SSSR count). The number of carbonyl (C=O) groups is 3. The van der Waals surface area contributed by atoms with Crippen LogP contribution in [0.4, 0.5) is 4.79 Å². The molecular weight excluding hydrogens is 408 g/mol. The molecule has 0 radical (unpaired) electrons. The average Bonchev–Trinajstić information content (AvgIpc) is 3.11. The fourth-order valence-electron chi connectivity index (χ4n) is 4.76. The number of piperidine rings is 1. The van der Waals surface area contributed by atoms with Gasteiger partial charge in [0.1, 0.15) is 12.6 Å². The SMILES string of the molecule is C[C@H](CC(=O)N1CCCCC1C(=O)O)NC(=O)OCC1c2ccccc2-c2ccccc21. The van der Waals surface area contributed by atoms with Crippen molar-refractivity contribution in [3.05, 3.63) is 59.7 Å². The standard InChI is InChI=1S/C25H28N2O5/c1-16(14-23(28)27-13-7-6-12-22(27)24(29)30)26-25(31)32-15-21-19-10-4-2-8-17(19)18-9-3-5-11-20(18)21/h2-5,8-11,16,21-22H,6-7,12-15H2,1H3,(H,26,31)(H,29,30)/t16-,22?/m1/s1. The summed E-state index contributed by atoms with van der Waals surface area (Å²) in [4.78, 5) is 37.9. The van der Waals surface area contributed by atoms with Gasteiger partial charge < -0.3 is 20.1 Å². The molecule has 2 aliphatic rings. The van der Waals surface area contributed by atoms with Crippen LogP contribution in [-0.2, 0) is 14.3 Å². The number of ether oxygens (including phenoxy) is 1. The molecule has 2 atom stereocenters. The molecular formula is C25H28N2O5. The third-order valence-corrected chi connectivity index (χ3v) is 6.30. The number of carboxylic acids is 1. The Bertz CT molecular complexity index is 975. The lowest BCUT2D eigenvalue weighted by Gasteiger charge is -2.33. The summed E-state index contributed by atoms with van der Waals surface area (Å²) in [6.45, 7) is 2.36. The Kier molecular flexibility index (Phi) is 6.44. The molecule has 1 unspecified atom stereocenters. The highest BCUT2D eigenvalue weighted by atomic mass is 16.5. The molecule has 0 saturated carbocycles. The minimum Gasteiger partial charge on any atom is -0.480 e. The van der Waals surface area contributed by atoms with E-state index in [1.54, 1.807) is 6.92 Å². The van der Waals surface area contributed by atoms with E-state index in [1.807, 2.05) is 24.3 Å². The van der Waals surface area contributed by atoms with E-state index in [2.05, 4.69) is 29.6 Å². The van der Waals surface area contributed by atoms with Crippen LogP contribution >= 0.6 is 0 Å². The van der Waals surface area contributed by atoms with Crippen molar-refractivity contribution in [2.24, 2.45) is 0 Å². The number of hydrogen-bond donors (Lipinski definition) is 2. The van der Waals surface area contributed by atoms with Gasteiger partial charge >= 0.3 is 12.1 Å². The van der Waals surface area contributed by atoms with E-state index in [-0.39, 0.29) is 24.9 Å². The number of nitrogens with one attached hydrogen (secondary N) is 1. The van der Waals surface area contributed by atoms with Gasteiger partial charge in [-0.25, -0.2) is 9.59 Å². The fourth-order valence-corrected chi connectivity index (χ4v) is 4.76. The molecule has 0 bridgehead atoms. The number of hydrogen-bond acceptors (Lipinski definition) is 4. The first-order chi connectivity index (χ1) is 15.5. The monoisotopic (exact) mass is 436 g/mol. The van der Waals surface area contributed by atoms with Crippen LogP contribution in [0, 0.1) is 0 Å². The molecule has 1 aliphatic carbocycles. The van der Waals surface area contributed by atoms with E-state index in [1.165, 1.54) is 4.90 Å². The largest absolute Gasteiger partial charge is 0.480 e. The van der Waals surface area contributed by atoms with Crippen molar-refractivity contribution >= 4 is 18.0 Å². The zero-order valence-corrected chi connectivity index (χ0v) is 18.1. The van der Waals surface area contributed by atoms with Gasteiger partial charge in [-0.3, -0.25) is 4.79 Å². The molecule has 0 spiro atoms. The van der Waals surface area contributed by atoms with Crippen molar-refractivity contribution in [3.63, 3.8) is 0 Å². The maximum Gasteiger partial charge on any atom is 0.407 e. The van der Waals surface area contributed by atoms with Crippen molar-refractivity contribution in [3.8, 4) is 11.1 Å². The van der Waals surface area contributed by atoms with Crippen molar-refractivity contribution in [2.75, 3.05) is 13.2 Å². The first kappa shape index (κ1) is 21.9. The molecule has 7 heteroatoms. The van der Waals surface area contributed by atoms with Gasteiger partial charge in [0, 0.05) is 24.9 Å². The van der Waals surface area contributed by atoms with Gasteiger partial charge in [-0.15, -0.1) is 0 Å². The number of carbonyl (C=O) groups excluding carboxylic acids is 2. The maximum atomic E-state index is 12.6. The Labute approximate surface area is 187 Å². The Hall–Kier alpha value is -3.35. The lowest BCUT2D eigenvalue weighted by Crippen LogP contribution is -2.49. The third-order valence-electron chi connectivity index (χ3n) is 6.30. The number of fused-ring (bicyclic) bond motifs is 3. The highest BCUT2D eigenvalue weighted by Gasteiger charge is 2.33. The minimum absolute atomic E-state index is 0.0326. The zero-order chi connectivity index (χ0) is 22.7. The lowest BCUT2D eigenvalue weighted by molar-refractivity contribution is -0.152. The number of amides is 2. The summed E-state index contributed by atoms with van der Waals surface area (Å²) >= 11 is 0. The number of alkyl carbamates (subject to hydrolysis) is 1. The molecule has 2 amide bonds. The van der Waals surface area contributed by atoms with E-state index in [9.17, 15) is 19.5 Å². The average molecular weight is 437 g/mol. The summed E-state index contributed by atoms with van der Waals surface area (Å²) in [6, 6.07) is 15.0. The molecule has 1 heterocycles. The van der Waals surface area contributed by atoms with Crippen molar-refractivity contribution in [1.82, 2.24) is 10.2 Å². The van der Waals surface area contributed by atoms with Crippen LogP contribution < -0.4 is 5.32 Å². The molecule has 168 valence electrons. The van der Waals surface area contributed by atoms with E-state index in [4.69, 9.17) is 4.74 Å². The molecule has 7 nitrogen and oxygen atoms in total. The Balaban J connectivity index is 1.32. The van der Waals surface area contributed by atoms with Gasteiger partial charge in [-0.2, -0.15) is 0 Å². The second-order valence-electron chi connectivity index (χ2n) is 8.51. The quantitative estimate of drug-likeness (QED) is 0.719. The molecule has 1 saturated heterocycles. The van der Waals surface area contributed by atoms with E-state index in [0.29, 0.717) is 13.0 Å². The molecule has 32 heavy (non-hydrogen) atoms.